The first-order valence-electron chi connectivity index (χ1n) is 3.49. The highest BCUT2D eigenvalue weighted by molar-refractivity contribution is 9.10. The van der Waals surface area contributed by atoms with Crippen LogP contribution >= 0.6 is 39.1 Å². The third-order valence-corrected chi connectivity index (χ3v) is 3.28. The molecule has 0 aliphatic carbocycles. The van der Waals surface area contributed by atoms with E-state index in [1.54, 1.807) is 0 Å². The van der Waals surface area contributed by atoms with Crippen molar-refractivity contribution in [3.8, 4) is 0 Å². The minimum atomic E-state index is -4.62. The van der Waals surface area contributed by atoms with Crippen LogP contribution in [0.15, 0.2) is 10.5 Å². The van der Waals surface area contributed by atoms with Crippen molar-refractivity contribution < 1.29 is 18.0 Å². The number of halogens is 6. The summed E-state index contributed by atoms with van der Waals surface area (Å²) in [5, 5.41) is -0.825. The molecule has 7 heteroatoms. The first-order chi connectivity index (χ1) is 6.79. The number of hydrogen-bond donors (Lipinski definition) is 0. The second-order valence-electron chi connectivity index (χ2n) is 2.56. The number of carbonyl (C=O) groups is 1. The van der Waals surface area contributed by atoms with E-state index in [1.807, 2.05) is 0 Å². The van der Waals surface area contributed by atoms with Gasteiger partial charge in [0, 0.05) is 4.47 Å². The van der Waals surface area contributed by atoms with Crippen molar-refractivity contribution in [2.75, 3.05) is 0 Å². The van der Waals surface area contributed by atoms with Gasteiger partial charge in [-0.1, -0.05) is 23.2 Å². The molecule has 0 bridgehead atoms. The van der Waals surface area contributed by atoms with Crippen LogP contribution in [0.25, 0.3) is 0 Å². The minimum Gasteiger partial charge on any atom is -0.298 e. The molecule has 0 atom stereocenters. The Balaban J connectivity index is 3.58. The normalized spacial score (nSPS) is 11.6. The SMILES string of the molecule is O=Cc1c(Cl)c(Br)cc(C(F)(F)F)c1Cl. The number of rotatable bonds is 1. The molecule has 1 aromatic rings. The molecule has 1 nitrogen and oxygen atoms in total. The van der Waals surface area contributed by atoms with Gasteiger partial charge in [-0.25, -0.2) is 0 Å². The number of aldehydes is 1. The summed E-state index contributed by atoms with van der Waals surface area (Å²) in [6.45, 7) is 0. The highest BCUT2D eigenvalue weighted by atomic mass is 79.9. The van der Waals surface area contributed by atoms with E-state index >= 15 is 0 Å². The highest BCUT2D eigenvalue weighted by Gasteiger charge is 2.35. The van der Waals surface area contributed by atoms with Crippen LogP contribution in [0, 0.1) is 0 Å². The van der Waals surface area contributed by atoms with Crippen LogP contribution in [-0.4, -0.2) is 6.29 Å². The molecule has 0 fully saturated rings. The Kier molecular flexibility index (Phi) is 3.68. The van der Waals surface area contributed by atoms with Gasteiger partial charge in [0.15, 0.2) is 6.29 Å². The number of alkyl halides is 3. The molecule has 1 rings (SSSR count). The predicted octanol–water partition coefficient (Wildman–Crippen LogP) is 4.59. The molecule has 0 N–H and O–H groups in total. The van der Waals surface area contributed by atoms with Gasteiger partial charge in [-0.15, -0.1) is 0 Å². The van der Waals surface area contributed by atoms with Crippen LogP contribution in [0.4, 0.5) is 13.2 Å². The van der Waals surface area contributed by atoms with Gasteiger partial charge in [0.2, 0.25) is 0 Å². The molecule has 82 valence electrons. The lowest BCUT2D eigenvalue weighted by molar-refractivity contribution is -0.137. The molecule has 0 aromatic heterocycles. The van der Waals surface area contributed by atoms with E-state index in [-0.39, 0.29) is 21.3 Å². The van der Waals surface area contributed by atoms with Crippen molar-refractivity contribution in [3.63, 3.8) is 0 Å². The summed E-state index contributed by atoms with van der Waals surface area (Å²) in [5.41, 5.74) is -1.47. The Morgan fingerprint density at radius 2 is 1.80 bits per heavy atom. The van der Waals surface area contributed by atoms with Gasteiger partial charge in [-0.2, -0.15) is 13.2 Å². The molecule has 1 aromatic carbocycles. The third kappa shape index (κ3) is 2.46. The second-order valence-corrected chi connectivity index (χ2v) is 4.17. The molecule has 0 aliphatic heterocycles. The van der Waals surface area contributed by atoms with E-state index in [1.165, 1.54) is 0 Å². The van der Waals surface area contributed by atoms with Gasteiger partial charge < -0.3 is 0 Å². The van der Waals surface area contributed by atoms with Crippen LogP contribution in [0.3, 0.4) is 0 Å². The van der Waals surface area contributed by atoms with E-state index in [4.69, 9.17) is 23.2 Å². The Morgan fingerprint density at radius 1 is 1.27 bits per heavy atom. The van der Waals surface area contributed by atoms with Gasteiger partial charge in [0.25, 0.3) is 0 Å². The summed E-state index contributed by atoms with van der Waals surface area (Å²) < 4.78 is 37.2. The molecule has 0 unspecified atom stereocenters. The molecule has 0 aliphatic rings. The van der Waals surface area contributed by atoms with E-state index in [0.29, 0.717) is 0 Å². The highest BCUT2D eigenvalue weighted by Crippen LogP contribution is 2.41. The van der Waals surface area contributed by atoms with E-state index < -0.39 is 16.8 Å². The largest absolute Gasteiger partial charge is 0.417 e. The Morgan fingerprint density at radius 3 is 2.20 bits per heavy atom. The van der Waals surface area contributed by atoms with Crippen molar-refractivity contribution in [1.29, 1.82) is 0 Å². The van der Waals surface area contributed by atoms with Crippen molar-refractivity contribution in [2.45, 2.75) is 6.18 Å². The molecular formula is C8H2BrCl2F3O. The topological polar surface area (TPSA) is 17.1 Å². The predicted molar refractivity (Wildman–Crippen MR) is 54.6 cm³/mol. The van der Waals surface area contributed by atoms with Crippen LogP contribution in [0.1, 0.15) is 15.9 Å². The summed E-state index contributed by atoms with van der Waals surface area (Å²) in [7, 11) is 0. The number of hydrogen-bond acceptors (Lipinski definition) is 1. The molecule has 0 radical (unpaired) electrons. The van der Waals surface area contributed by atoms with Gasteiger partial charge >= 0.3 is 6.18 Å². The summed E-state index contributed by atoms with van der Waals surface area (Å²) in [6.07, 6.45) is -4.44. The molecule has 0 heterocycles. The van der Waals surface area contributed by atoms with Gasteiger partial charge in [-0.3, -0.25) is 4.79 Å². The lowest BCUT2D eigenvalue weighted by Crippen LogP contribution is -2.07. The zero-order chi connectivity index (χ0) is 11.8. The minimum absolute atomic E-state index is 0.0250. The van der Waals surface area contributed by atoms with Crippen LogP contribution in [-0.2, 0) is 6.18 Å². The fraction of sp³-hybridized carbons (Fsp3) is 0.125. The Bertz CT molecular complexity index is 417. The Labute approximate surface area is 101 Å². The van der Waals surface area contributed by atoms with E-state index in [2.05, 4.69) is 15.9 Å². The van der Waals surface area contributed by atoms with Gasteiger partial charge in [-0.05, 0) is 22.0 Å². The van der Waals surface area contributed by atoms with Crippen molar-refractivity contribution in [3.05, 3.63) is 31.7 Å². The summed E-state index contributed by atoms with van der Waals surface area (Å²) in [4.78, 5) is 10.5. The zero-order valence-corrected chi connectivity index (χ0v) is 9.93. The molecule has 0 saturated carbocycles. The first kappa shape index (κ1) is 12.8. The number of benzene rings is 1. The molecular weight excluding hydrogens is 320 g/mol. The maximum atomic E-state index is 12.4. The summed E-state index contributed by atoms with van der Waals surface area (Å²) >= 11 is 13.8. The Hall–Kier alpha value is -0.260. The second kappa shape index (κ2) is 4.31. The third-order valence-electron chi connectivity index (χ3n) is 1.61. The van der Waals surface area contributed by atoms with Crippen molar-refractivity contribution >= 4 is 45.4 Å². The van der Waals surface area contributed by atoms with Gasteiger partial charge in [0.1, 0.15) is 0 Å². The monoisotopic (exact) mass is 320 g/mol. The average Bonchev–Trinajstić information content (AvgIpc) is 2.10. The van der Waals surface area contributed by atoms with E-state index in [0.717, 1.165) is 6.07 Å². The average molecular weight is 322 g/mol. The molecule has 0 amide bonds. The van der Waals surface area contributed by atoms with Gasteiger partial charge in [0.05, 0.1) is 21.2 Å². The lowest BCUT2D eigenvalue weighted by atomic mass is 10.1. The maximum absolute atomic E-state index is 12.4. The zero-order valence-electron chi connectivity index (χ0n) is 6.83. The maximum Gasteiger partial charge on any atom is 0.417 e. The standard InChI is InChI=1S/C8H2BrCl2F3O/c9-5-1-4(8(12,13)14)6(10)3(2-15)7(5)11/h1-2H. The lowest BCUT2D eigenvalue weighted by Gasteiger charge is -2.12. The summed E-state index contributed by atoms with van der Waals surface area (Å²) in [6, 6.07) is 0.734. The fourth-order valence-electron chi connectivity index (χ4n) is 0.933. The molecule has 0 spiro atoms. The van der Waals surface area contributed by atoms with Crippen molar-refractivity contribution in [1.82, 2.24) is 0 Å². The molecule has 0 saturated heterocycles. The van der Waals surface area contributed by atoms with Crippen LogP contribution in [0.2, 0.25) is 10.0 Å². The summed E-state index contributed by atoms with van der Waals surface area (Å²) in [5.74, 6) is 0. The van der Waals surface area contributed by atoms with Crippen LogP contribution in [0.5, 0.6) is 0 Å². The first-order valence-corrected chi connectivity index (χ1v) is 5.03. The number of carbonyl (C=O) groups excluding carboxylic acids is 1. The van der Waals surface area contributed by atoms with E-state index in [9.17, 15) is 18.0 Å². The quantitative estimate of drug-likeness (QED) is 0.546. The molecule has 15 heavy (non-hydrogen) atoms. The van der Waals surface area contributed by atoms with Crippen molar-refractivity contribution in [2.24, 2.45) is 0 Å². The smallest absolute Gasteiger partial charge is 0.298 e. The van der Waals surface area contributed by atoms with Crippen LogP contribution < -0.4 is 0 Å². The fourth-order valence-corrected chi connectivity index (χ4v) is 1.92.